The number of aliphatic hydroxyl groups excluding tert-OH is 1. The zero-order valence-electron chi connectivity index (χ0n) is 12.7. The van der Waals surface area contributed by atoms with Crippen LogP contribution in [0.25, 0.3) is 10.9 Å². The Morgan fingerprint density at radius 2 is 2.10 bits per heavy atom. The van der Waals surface area contributed by atoms with Crippen LogP contribution in [-0.4, -0.2) is 34.9 Å². The van der Waals surface area contributed by atoms with Gasteiger partial charge < -0.3 is 20.1 Å². The van der Waals surface area contributed by atoms with E-state index in [9.17, 15) is 5.11 Å². The Labute approximate surface area is 120 Å². The van der Waals surface area contributed by atoms with Gasteiger partial charge in [-0.1, -0.05) is 0 Å². The van der Waals surface area contributed by atoms with E-state index >= 15 is 0 Å². The van der Waals surface area contributed by atoms with Crippen LogP contribution in [0.15, 0.2) is 24.4 Å². The van der Waals surface area contributed by atoms with Gasteiger partial charge in [-0.15, -0.1) is 0 Å². The smallest absolute Gasteiger partial charge is 0.129 e. The molecule has 2 rings (SSSR count). The molecule has 2 aromatic rings. The molecule has 0 saturated heterocycles. The predicted molar refractivity (Wildman–Crippen MR) is 82.3 cm³/mol. The summed E-state index contributed by atoms with van der Waals surface area (Å²) >= 11 is 0. The highest BCUT2D eigenvalue weighted by molar-refractivity contribution is 5.86. The topological polar surface area (TPSA) is 57.3 Å². The van der Waals surface area contributed by atoms with Gasteiger partial charge >= 0.3 is 0 Å². The minimum absolute atomic E-state index is 0.00177. The van der Waals surface area contributed by atoms with Gasteiger partial charge in [0.05, 0.1) is 0 Å². The molecule has 110 valence electrons. The second-order valence-corrected chi connectivity index (χ2v) is 6.30. The Hall–Kier alpha value is -1.52. The lowest BCUT2D eigenvalue weighted by molar-refractivity contribution is 0.101. The molecule has 1 heterocycles. The highest BCUT2D eigenvalue weighted by atomic mass is 16.5. The summed E-state index contributed by atoms with van der Waals surface area (Å²) in [4.78, 5) is 3.18. The van der Waals surface area contributed by atoms with Crippen LogP contribution in [0.4, 0.5) is 0 Å². The molecule has 0 saturated carbocycles. The molecule has 20 heavy (non-hydrogen) atoms. The van der Waals surface area contributed by atoms with Crippen molar-refractivity contribution < 1.29 is 9.84 Å². The summed E-state index contributed by atoms with van der Waals surface area (Å²) < 4.78 is 5.78. The van der Waals surface area contributed by atoms with Crippen molar-refractivity contribution in [2.24, 2.45) is 0 Å². The number of hydrogen-bond acceptors (Lipinski definition) is 3. The molecule has 0 amide bonds. The Balaban J connectivity index is 1.97. The van der Waals surface area contributed by atoms with Crippen LogP contribution in [-0.2, 0) is 0 Å². The number of fused-ring (bicyclic) bond motifs is 1. The molecule has 1 aromatic heterocycles. The summed E-state index contributed by atoms with van der Waals surface area (Å²) in [6.07, 6.45) is 1.37. The monoisotopic (exact) mass is 276 g/mol. The second-order valence-electron chi connectivity index (χ2n) is 6.30. The van der Waals surface area contributed by atoms with Gasteiger partial charge in [0, 0.05) is 29.2 Å². The first-order chi connectivity index (χ1) is 9.35. The van der Waals surface area contributed by atoms with Crippen molar-refractivity contribution in [2.75, 3.05) is 13.2 Å². The third kappa shape index (κ3) is 3.99. The van der Waals surface area contributed by atoms with Crippen LogP contribution in [0.2, 0.25) is 0 Å². The molecule has 0 aliphatic rings. The summed E-state index contributed by atoms with van der Waals surface area (Å²) in [7, 11) is 0. The molecule has 0 spiro atoms. The molecule has 0 aliphatic heterocycles. The maximum Gasteiger partial charge on any atom is 0.129 e. The number of hydrogen-bond donors (Lipinski definition) is 3. The first-order valence-electron chi connectivity index (χ1n) is 6.99. The molecule has 1 atom stereocenters. The number of nitrogens with one attached hydrogen (secondary N) is 2. The fourth-order valence-corrected chi connectivity index (χ4v) is 2.06. The number of β-amino-alcohol motifs (C(OH)–C–C–N with tert-alkyl or cyclic N) is 1. The highest BCUT2D eigenvalue weighted by Crippen LogP contribution is 2.26. The van der Waals surface area contributed by atoms with Gasteiger partial charge in [0.25, 0.3) is 0 Å². The molecule has 4 nitrogen and oxygen atoms in total. The van der Waals surface area contributed by atoms with Crippen LogP contribution < -0.4 is 10.1 Å². The van der Waals surface area contributed by atoms with E-state index in [0.29, 0.717) is 6.54 Å². The fourth-order valence-electron chi connectivity index (χ4n) is 2.06. The van der Waals surface area contributed by atoms with E-state index in [-0.39, 0.29) is 12.1 Å². The lowest BCUT2D eigenvalue weighted by atomic mass is 10.1. The molecular weight excluding hydrogens is 252 g/mol. The second kappa shape index (κ2) is 5.85. The average molecular weight is 276 g/mol. The summed E-state index contributed by atoms with van der Waals surface area (Å²) in [5.74, 6) is 0.816. The van der Waals surface area contributed by atoms with Gasteiger partial charge in [-0.05, 0) is 51.5 Å². The molecule has 0 aliphatic carbocycles. The first kappa shape index (κ1) is 14.9. The van der Waals surface area contributed by atoms with Crippen LogP contribution in [0.1, 0.15) is 26.3 Å². The summed E-state index contributed by atoms with van der Waals surface area (Å²) in [5, 5.41) is 14.3. The molecule has 3 N–H and O–H groups in total. The molecule has 1 aromatic carbocycles. The number of rotatable bonds is 5. The summed E-state index contributed by atoms with van der Waals surface area (Å²) in [6.45, 7) is 9.06. The van der Waals surface area contributed by atoms with E-state index < -0.39 is 6.10 Å². The Bertz CT molecular complexity index is 569. The van der Waals surface area contributed by atoms with Gasteiger partial charge in [0.1, 0.15) is 18.5 Å². The number of ether oxygens (including phenoxy) is 1. The maximum absolute atomic E-state index is 9.97. The number of benzene rings is 1. The Morgan fingerprint density at radius 1 is 1.35 bits per heavy atom. The number of aromatic nitrogens is 1. The highest BCUT2D eigenvalue weighted by Gasteiger charge is 2.13. The third-order valence-electron chi connectivity index (χ3n) is 3.07. The molecule has 1 unspecified atom stereocenters. The third-order valence-corrected chi connectivity index (χ3v) is 3.07. The van der Waals surface area contributed by atoms with E-state index in [1.54, 1.807) is 0 Å². The van der Waals surface area contributed by atoms with Crippen molar-refractivity contribution in [1.82, 2.24) is 10.3 Å². The van der Waals surface area contributed by atoms with E-state index in [2.05, 4.69) is 37.1 Å². The maximum atomic E-state index is 9.97. The van der Waals surface area contributed by atoms with Gasteiger partial charge in [-0.3, -0.25) is 0 Å². The fraction of sp³-hybridized carbons (Fsp3) is 0.500. The Morgan fingerprint density at radius 3 is 2.80 bits per heavy atom. The zero-order valence-corrected chi connectivity index (χ0v) is 12.7. The van der Waals surface area contributed by atoms with Crippen molar-refractivity contribution in [1.29, 1.82) is 0 Å². The molecule has 0 fully saturated rings. The number of aryl methyl sites for hydroxylation is 1. The minimum atomic E-state index is -0.524. The van der Waals surface area contributed by atoms with E-state index in [0.717, 1.165) is 22.2 Å². The molecule has 0 radical (unpaired) electrons. The van der Waals surface area contributed by atoms with Crippen LogP contribution >= 0.6 is 0 Å². The van der Waals surface area contributed by atoms with Crippen molar-refractivity contribution in [3.63, 3.8) is 0 Å². The zero-order chi connectivity index (χ0) is 14.8. The number of aromatic amines is 1. The molecule has 0 bridgehead atoms. The van der Waals surface area contributed by atoms with E-state index in [1.807, 2.05) is 25.3 Å². The summed E-state index contributed by atoms with van der Waals surface area (Å²) in [5.41, 5.74) is 2.19. The molecular formula is C16H24N2O2. The average Bonchev–Trinajstić information content (AvgIpc) is 2.80. The normalized spacial score (nSPS) is 13.7. The quantitative estimate of drug-likeness (QED) is 0.787. The van der Waals surface area contributed by atoms with Crippen LogP contribution in [0.5, 0.6) is 5.75 Å². The number of aliphatic hydroxyl groups is 1. The summed E-state index contributed by atoms with van der Waals surface area (Å²) in [6, 6.07) is 6.07. The van der Waals surface area contributed by atoms with Crippen molar-refractivity contribution in [3.8, 4) is 5.75 Å². The first-order valence-corrected chi connectivity index (χ1v) is 6.99. The van der Waals surface area contributed by atoms with Gasteiger partial charge in [-0.25, -0.2) is 0 Å². The van der Waals surface area contributed by atoms with E-state index in [1.165, 1.54) is 0 Å². The van der Waals surface area contributed by atoms with Crippen molar-refractivity contribution >= 4 is 10.9 Å². The van der Waals surface area contributed by atoms with Crippen LogP contribution in [0.3, 0.4) is 0 Å². The predicted octanol–water partition coefficient (Wildman–Crippen LogP) is 2.60. The van der Waals surface area contributed by atoms with Crippen LogP contribution in [0, 0.1) is 6.92 Å². The van der Waals surface area contributed by atoms with Gasteiger partial charge in [0.15, 0.2) is 0 Å². The standard InChI is InChI=1S/C16H24N2O2/c1-11-7-14-13(5-6-17-14)15(8-11)20-10-12(19)9-18-16(2,3)4/h5-8,12,17-19H,9-10H2,1-4H3. The van der Waals surface area contributed by atoms with Gasteiger partial charge in [-0.2, -0.15) is 0 Å². The number of H-pyrrole nitrogens is 1. The SMILES string of the molecule is Cc1cc(OCC(O)CNC(C)(C)C)c2cc[nH]c2c1. The van der Waals surface area contributed by atoms with E-state index in [4.69, 9.17) is 4.74 Å². The van der Waals surface area contributed by atoms with Crippen molar-refractivity contribution in [2.45, 2.75) is 39.3 Å². The van der Waals surface area contributed by atoms with Gasteiger partial charge in [0.2, 0.25) is 0 Å². The van der Waals surface area contributed by atoms with Crippen molar-refractivity contribution in [3.05, 3.63) is 30.0 Å². The lowest BCUT2D eigenvalue weighted by Crippen LogP contribution is -2.42. The lowest BCUT2D eigenvalue weighted by Gasteiger charge is -2.23. The molecule has 4 heteroatoms. The minimum Gasteiger partial charge on any atom is -0.490 e. The largest absolute Gasteiger partial charge is 0.490 e. The Kier molecular flexibility index (Phi) is 4.35.